The molecule has 0 aromatic carbocycles. The van der Waals surface area contributed by atoms with E-state index in [4.69, 9.17) is 9.47 Å². The number of amides is 1. The number of hydrogen-bond donors (Lipinski definition) is 1. The Bertz CT molecular complexity index is 494. The zero-order valence-electron chi connectivity index (χ0n) is 13.7. The van der Waals surface area contributed by atoms with E-state index in [-0.39, 0.29) is 11.8 Å². The molecule has 2 saturated heterocycles. The summed E-state index contributed by atoms with van der Waals surface area (Å²) in [6.45, 7) is 4.83. The molecule has 0 radical (unpaired) electrons. The maximum Gasteiger partial charge on any atom is 0.225 e. The van der Waals surface area contributed by atoms with Gasteiger partial charge in [0, 0.05) is 38.2 Å². The van der Waals surface area contributed by atoms with Crippen molar-refractivity contribution in [2.24, 2.45) is 11.8 Å². The number of fused-ring (bicyclic) bond motifs is 1. The van der Waals surface area contributed by atoms with Gasteiger partial charge >= 0.3 is 0 Å². The lowest BCUT2D eigenvalue weighted by molar-refractivity contribution is -0.139. The van der Waals surface area contributed by atoms with Crippen molar-refractivity contribution in [1.82, 2.24) is 10.2 Å². The number of nitrogens with one attached hydrogen (secondary N) is 1. The molecule has 3 atom stereocenters. The maximum absolute atomic E-state index is 12.2. The molecule has 1 N–H and O–H groups in total. The highest BCUT2D eigenvalue weighted by atomic mass is 32.1. The number of methoxy groups -OCH3 is 1. The fourth-order valence-corrected chi connectivity index (χ4v) is 4.32. The predicted octanol–water partition coefficient (Wildman–Crippen LogP) is 1.74. The van der Waals surface area contributed by atoms with Gasteiger partial charge in [0.05, 0.1) is 25.2 Å². The van der Waals surface area contributed by atoms with E-state index in [0.717, 1.165) is 32.5 Å². The third-order valence-corrected chi connectivity index (χ3v) is 5.64. The van der Waals surface area contributed by atoms with Crippen LogP contribution in [0.3, 0.4) is 0 Å². The predicted molar refractivity (Wildman–Crippen MR) is 90.4 cm³/mol. The summed E-state index contributed by atoms with van der Waals surface area (Å²) in [5, 5.41) is 5.07. The molecule has 128 valence electrons. The molecular weight excluding hydrogens is 312 g/mol. The molecule has 23 heavy (non-hydrogen) atoms. The summed E-state index contributed by atoms with van der Waals surface area (Å²) in [5.41, 5.74) is 0. The van der Waals surface area contributed by atoms with Gasteiger partial charge in [0.1, 0.15) is 0 Å². The van der Waals surface area contributed by atoms with Crippen LogP contribution in [-0.2, 0) is 20.8 Å². The number of hydrogen-bond acceptors (Lipinski definition) is 5. The van der Waals surface area contributed by atoms with Crippen molar-refractivity contribution in [3.63, 3.8) is 0 Å². The van der Waals surface area contributed by atoms with E-state index in [1.165, 1.54) is 4.88 Å². The minimum atomic E-state index is -0.0187. The fourth-order valence-electron chi connectivity index (χ4n) is 3.57. The molecule has 2 aliphatic rings. The van der Waals surface area contributed by atoms with Crippen LogP contribution in [0.25, 0.3) is 0 Å². The quantitative estimate of drug-likeness (QED) is 0.803. The molecule has 1 aromatic rings. The normalized spacial score (nSPS) is 28.3. The van der Waals surface area contributed by atoms with Crippen molar-refractivity contribution in [3.8, 4) is 0 Å². The molecule has 0 spiro atoms. The molecule has 0 bridgehead atoms. The van der Waals surface area contributed by atoms with E-state index in [1.807, 2.05) is 11.3 Å². The average molecular weight is 338 g/mol. The van der Waals surface area contributed by atoms with Crippen molar-refractivity contribution in [2.45, 2.75) is 25.5 Å². The van der Waals surface area contributed by atoms with Gasteiger partial charge in [-0.25, -0.2) is 0 Å². The monoisotopic (exact) mass is 338 g/mol. The Balaban J connectivity index is 1.50. The van der Waals surface area contributed by atoms with Crippen molar-refractivity contribution in [2.75, 3.05) is 40.0 Å². The molecule has 5 nitrogen and oxygen atoms in total. The summed E-state index contributed by atoms with van der Waals surface area (Å²) in [4.78, 5) is 16.1. The van der Waals surface area contributed by atoms with Crippen molar-refractivity contribution in [3.05, 3.63) is 22.4 Å². The second kappa shape index (κ2) is 8.24. The highest BCUT2D eigenvalue weighted by Gasteiger charge is 2.38. The van der Waals surface area contributed by atoms with Crippen LogP contribution < -0.4 is 5.32 Å². The summed E-state index contributed by atoms with van der Waals surface area (Å²) in [6.07, 6.45) is 2.34. The minimum Gasteiger partial charge on any atom is -0.383 e. The maximum atomic E-state index is 12.2. The Morgan fingerprint density at radius 2 is 2.48 bits per heavy atom. The van der Waals surface area contributed by atoms with Crippen LogP contribution >= 0.6 is 11.3 Å². The van der Waals surface area contributed by atoms with Gasteiger partial charge in [-0.2, -0.15) is 0 Å². The van der Waals surface area contributed by atoms with Crippen LogP contribution in [0.1, 0.15) is 17.7 Å². The molecule has 3 heterocycles. The van der Waals surface area contributed by atoms with Gasteiger partial charge in [0.2, 0.25) is 5.91 Å². The van der Waals surface area contributed by atoms with Crippen molar-refractivity contribution >= 4 is 17.2 Å². The average Bonchev–Trinajstić information content (AvgIpc) is 3.07. The molecule has 2 aliphatic heterocycles. The smallest absolute Gasteiger partial charge is 0.225 e. The van der Waals surface area contributed by atoms with Gasteiger partial charge in [0.15, 0.2) is 0 Å². The molecule has 0 aliphatic carbocycles. The molecular formula is C17H26N2O3S. The first kappa shape index (κ1) is 16.9. The standard InChI is InChI=1S/C17H26N2O3S/c1-21-7-5-18-17(20)14-9-13-10-19(6-4-16(13)22-12-14)11-15-3-2-8-23-15/h2-3,8,13-14,16H,4-7,9-12H2,1H3,(H,18,20)/t13-,14-,16+/m0/s1. The summed E-state index contributed by atoms with van der Waals surface area (Å²) in [5.74, 6) is 0.557. The minimum absolute atomic E-state index is 0.0187. The number of likely N-dealkylation sites (tertiary alicyclic amines) is 1. The third kappa shape index (κ3) is 4.53. The summed E-state index contributed by atoms with van der Waals surface area (Å²) in [7, 11) is 1.64. The number of rotatable bonds is 6. The van der Waals surface area contributed by atoms with E-state index in [1.54, 1.807) is 7.11 Å². The van der Waals surface area contributed by atoms with Crippen LogP contribution in [-0.4, -0.2) is 56.9 Å². The first-order chi connectivity index (χ1) is 11.3. The Morgan fingerprint density at radius 1 is 1.57 bits per heavy atom. The Hall–Kier alpha value is -0.950. The SMILES string of the molecule is COCCNC(=O)[C@@H]1CO[C@@H]2CCN(Cc3cccs3)C[C@@H]2C1. The molecule has 2 fully saturated rings. The van der Waals surface area contributed by atoms with E-state index in [0.29, 0.717) is 31.8 Å². The van der Waals surface area contributed by atoms with Crippen LogP contribution in [0.5, 0.6) is 0 Å². The second-order valence-corrected chi connectivity index (χ2v) is 7.48. The van der Waals surface area contributed by atoms with Crippen molar-refractivity contribution < 1.29 is 14.3 Å². The zero-order chi connectivity index (χ0) is 16.1. The summed E-state index contributed by atoms with van der Waals surface area (Å²) >= 11 is 1.81. The number of carbonyl (C=O) groups excluding carboxylic acids is 1. The number of ether oxygens (including phenoxy) is 2. The zero-order valence-corrected chi connectivity index (χ0v) is 14.5. The van der Waals surface area contributed by atoms with Crippen LogP contribution in [0.4, 0.5) is 0 Å². The van der Waals surface area contributed by atoms with E-state index in [9.17, 15) is 4.79 Å². The summed E-state index contributed by atoms with van der Waals surface area (Å²) in [6, 6.07) is 4.30. The Kier molecular flexibility index (Phi) is 6.05. The lowest BCUT2D eigenvalue weighted by atomic mass is 9.83. The van der Waals surface area contributed by atoms with Crippen molar-refractivity contribution in [1.29, 1.82) is 0 Å². The molecule has 6 heteroatoms. The number of piperidine rings is 1. The van der Waals surface area contributed by atoms with E-state index in [2.05, 4.69) is 27.7 Å². The van der Waals surface area contributed by atoms with E-state index >= 15 is 0 Å². The topological polar surface area (TPSA) is 50.8 Å². The van der Waals surface area contributed by atoms with Crippen LogP contribution in [0.15, 0.2) is 17.5 Å². The summed E-state index contributed by atoms with van der Waals surface area (Å²) < 4.78 is 11.0. The third-order valence-electron chi connectivity index (χ3n) is 4.78. The largest absolute Gasteiger partial charge is 0.383 e. The first-order valence-corrected chi connectivity index (χ1v) is 9.27. The highest BCUT2D eigenvalue weighted by molar-refractivity contribution is 7.09. The lowest BCUT2D eigenvalue weighted by Crippen LogP contribution is -2.50. The molecule has 1 amide bonds. The molecule has 0 unspecified atom stereocenters. The number of carbonyl (C=O) groups is 1. The van der Waals surface area contributed by atoms with Gasteiger partial charge in [-0.15, -0.1) is 11.3 Å². The fraction of sp³-hybridized carbons (Fsp3) is 0.706. The van der Waals surface area contributed by atoms with E-state index < -0.39 is 0 Å². The van der Waals surface area contributed by atoms with Crippen LogP contribution in [0.2, 0.25) is 0 Å². The lowest BCUT2D eigenvalue weighted by Gasteiger charge is -2.43. The molecule has 3 rings (SSSR count). The van der Waals surface area contributed by atoms with Gasteiger partial charge < -0.3 is 14.8 Å². The first-order valence-electron chi connectivity index (χ1n) is 8.39. The van der Waals surface area contributed by atoms with Gasteiger partial charge in [-0.3, -0.25) is 9.69 Å². The number of nitrogens with zero attached hydrogens (tertiary/aromatic N) is 1. The second-order valence-electron chi connectivity index (χ2n) is 6.45. The van der Waals surface area contributed by atoms with Gasteiger partial charge in [-0.1, -0.05) is 6.07 Å². The van der Waals surface area contributed by atoms with Gasteiger partial charge in [0.25, 0.3) is 0 Å². The highest BCUT2D eigenvalue weighted by Crippen LogP contribution is 2.32. The number of thiophene rings is 1. The Morgan fingerprint density at radius 3 is 3.26 bits per heavy atom. The van der Waals surface area contributed by atoms with Gasteiger partial charge in [-0.05, 0) is 30.2 Å². The molecule has 0 saturated carbocycles. The molecule has 1 aromatic heterocycles. The van der Waals surface area contributed by atoms with Crippen LogP contribution in [0, 0.1) is 11.8 Å². The Labute approximate surface area is 142 Å².